The number of aromatic nitrogens is 3. The van der Waals surface area contributed by atoms with E-state index in [0.29, 0.717) is 21.3 Å². The number of carbonyl (C=O) groups excluding carboxylic acids is 1. The van der Waals surface area contributed by atoms with Crippen molar-refractivity contribution in [1.29, 1.82) is 0 Å². The molecule has 0 radical (unpaired) electrons. The Morgan fingerprint density at radius 2 is 1.93 bits per heavy atom. The molecule has 4 aromatic rings. The second-order valence-electron chi connectivity index (χ2n) is 5.87. The molecule has 2 heterocycles. The Hall–Kier alpha value is -3.16. The number of rotatable bonds is 4. The molecule has 28 heavy (non-hydrogen) atoms. The third-order valence-electron chi connectivity index (χ3n) is 4.14. The monoisotopic (exact) mass is 409 g/mol. The molecule has 8 heteroatoms. The number of aromatic amines is 1. The Morgan fingerprint density at radius 1 is 1.18 bits per heavy atom. The Balaban J connectivity index is 1.93. The van der Waals surface area contributed by atoms with E-state index in [-0.39, 0.29) is 5.91 Å². The van der Waals surface area contributed by atoms with E-state index in [1.54, 1.807) is 7.05 Å². The van der Waals surface area contributed by atoms with Gasteiger partial charge in [0.1, 0.15) is 0 Å². The number of hydrogen-bond donors (Lipinski definition) is 2. The molecule has 0 saturated carbocycles. The van der Waals surface area contributed by atoms with Gasteiger partial charge in [0.15, 0.2) is 16.3 Å². The largest absolute Gasteiger partial charge is 0.354 e. The molecule has 0 aliphatic carbocycles. The summed E-state index contributed by atoms with van der Waals surface area (Å²) in [4.78, 5) is 24.5. The van der Waals surface area contributed by atoms with Gasteiger partial charge in [0, 0.05) is 23.1 Å². The summed E-state index contributed by atoms with van der Waals surface area (Å²) in [5.41, 5.74) is 3.27. The van der Waals surface area contributed by atoms with Crippen molar-refractivity contribution in [3.63, 3.8) is 0 Å². The van der Waals surface area contributed by atoms with E-state index >= 15 is 0 Å². The maximum Gasteiger partial charge on any atom is 0.271 e. The molecule has 6 nitrogen and oxygen atoms in total. The third kappa shape index (κ3) is 3.49. The molecular formula is C20H16ClN5OS. The van der Waals surface area contributed by atoms with Gasteiger partial charge in [-0.25, -0.2) is 4.98 Å². The zero-order valence-electron chi connectivity index (χ0n) is 14.9. The lowest BCUT2D eigenvalue weighted by molar-refractivity contribution is 0.0959. The molecule has 4 rings (SSSR count). The van der Waals surface area contributed by atoms with Crippen LogP contribution in [-0.2, 0) is 0 Å². The maximum atomic E-state index is 12.0. The topological polar surface area (TPSA) is 75.1 Å². The Bertz CT molecular complexity index is 1180. The van der Waals surface area contributed by atoms with Crippen molar-refractivity contribution < 1.29 is 4.79 Å². The van der Waals surface area contributed by atoms with Gasteiger partial charge in [-0.3, -0.25) is 9.36 Å². The van der Waals surface area contributed by atoms with Gasteiger partial charge in [0.2, 0.25) is 0 Å². The highest BCUT2D eigenvalue weighted by Crippen LogP contribution is 2.25. The average molecular weight is 410 g/mol. The Kier molecular flexibility index (Phi) is 5.10. The van der Waals surface area contributed by atoms with Crippen LogP contribution >= 0.6 is 22.9 Å². The van der Waals surface area contributed by atoms with Crippen LogP contribution in [-0.4, -0.2) is 27.5 Å². The number of imidazole rings is 1. The van der Waals surface area contributed by atoms with E-state index in [1.165, 1.54) is 17.7 Å². The Labute approximate surface area is 170 Å². The lowest BCUT2D eigenvalue weighted by atomic mass is 10.1. The summed E-state index contributed by atoms with van der Waals surface area (Å²) < 4.78 is 2.04. The van der Waals surface area contributed by atoms with Crippen molar-refractivity contribution in [1.82, 2.24) is 19.9 Å². The van der Waals surface area contributed by atoms with Gasteiger partial charge in [-0.1, -0.05) is 41.9 Å². The fraction of sp³-hybridized carbons (Fsp3) is 0.0500. The van der Waals surface area contributed by atoms with Crippen LogP contribution in [0.2, 0.25) is 5.02 Å². The molecule has 0 aliphatic rings. The summed E-state index contributed by atoms with van der Waals surface area (Å²) in [5, 5.41) is 5.30. The van der Waals surface area contributed by atoms with Crippen molar-refractivity contribution in [2.75, 3.05) is 7.05 Å². The lowest BCUT2D eigenvalue weighted by Crippen LogP contribution is -2.19. The zero-order valence-corrected chi connectivity index (χ0v) is 16.5. The first-order valence-corrected chi connectivity index (χ1v) is 9.75. The predicted octanol–water partition coefficient (Wildman–Crippen LogP) is 4.17. The van der Waals surface area contributed by atoms with Crippen LogP contribution < -0.4 is 10.1 Å². The number of carbonyl (C=O) groups is 1. The summed E-state index contributed by atoms with van der Waals surface area (Å²) >= 11 is 7.52. The second kappa shape index (κ2) is 7.84. The summed E-state index contributed by atoms with van der Waals surface area (Å²) in [6.45, 7) is 0. The first kappa shape index (κ1) is 18.2. The molecule has 0 aliphatic heterocycles. The molecule has 140 valence electrons. The predicted molar refractivity (Wildman–Crippen MR) is 111 cm³/mol. The van der Waals surface area contributed by atoms with Gasteiger partial charge in [-0.15, -0.1) is 11.3 Å². The summed E-state index contributed by atoms with van der Waals surface area (Å²) in [5.74, 6) is 0.0746. The molecule has 0 bridgehead atoms. The molecule has 1 amide bonds. The normalized spacial score (nSPS) is 11.6. The van der Waals surface area contributed by atoms with E-state index < -0.39 is 0 Å². The van der Waals surface area contributed by atoms with Gasteiger partial charge >= 0.3 is 0 Å². The average Bonchev–Trinajstić information content (AvgIpc) is 3.36. The summed E-state index contributed by atoms with van der Waals surface area (Å²) in [7, 11) is 1.57. The highest BCUT2D eigenvalue weighted by molar-refractivity contribution is 7.07. The molecule has 2 aromatic carbocycles. The number of nitrogens with zero attached hydrogens (tertiary/aromatic N) is 3. The van der Waals surface area contributed by atoms with Crippen LogP contribution in [0.25, 0.3) is 16.9 Å². The number of hydrogen-bond acceptors (Lipinski definition) is 4. The second-order valence-corrected chi connectivity index (χ2v) is 7.15. The van der Waals surface area contributed by atoms with Gasteiger partial charge in [-0.2, -0.15) is 4.99 Å². The fourth-order valence-electron chi connectivity index (χ4n) is 2.79. The molecule has 0 spiro atoms. The van der Waals surface area contributed by atoms with Crippen molar-refractivity contribution in [3.05, 3.63) is 81.8 Å². The van der Waals surface area contributed by atoms with Crippen LogP contribution in [0.15, 0.2) is 71.3 Å². The number of thiazole rings is 1. The highest BCUT2D eigenvalue weighted by Gasteiger charge is 2.14. The molecule has 2 N–H and O–H groups in total. The summed E-state index contributed by atoms with van der Waals surface area (Å²) in [6, 6.07) is 17.6. The maximum absolute atomic E-state index is 12.0. The van der Waals surface area contributed by atoms with E-state index in [4.69, 9.17) is 11.6 Å². The molecule has 0 atom stereocenters. The van der Waals surface area contributed by atoms with E-state index in [9.17, 15) is 4.79 Å². The standard InChI is InChI=1S/C20H16ClN5OS/c1-22-19(27)17-18(24-12-23-17)25-20-26(15-5-3-2-4-6-15)16(11-28-20)13-7-9-14(21)10-8-13/h2-12H,1H3,(H,22,27)(H,23,24). The van der Waals surface area contributed by atoms with Crippen LogP contribution in [0.3, 0.4) is 0 Å². The van der Waals surface area contributed by atoms with Crippen LogP contribution in [0.5, 0.6) is 0 Å². The smallest absolute Gasteiger partial charge is 0.271 e. The molecular weight excluding hydrogens is 394 g/mol. The first-order chi connectivity index (χ1) is 13.7. The first-order valence-electron chi connectivity index (χ1n) is 8.49. The van der Waals surface area contributed by atoms with Gasteiger partial charge in [-0.05, 0) is 29.8 Å². The van der Waals surface area contributed by atoms with E-state index in [0.717, 1.165) is 16.9 Å². The third-order valence-corrected chi connectivity index (χ3v) is 5.22. The Morgan fingerprint density at radius 3 is 2.64 bits per heavy atom. The number of amides is 1. The van der Waals surface area contributed by atoms with Crippen LogP contribution in [0, 0.1) is 0 Å². The van der Waals surface area contributed by atoms with Crippen molar-refractivity contribution in [2.45, 2.75) is 0 Å². The minimum absolute atomic E-state index is 0.267. The quantitative estimate of drug-likeness (QED) is 0.530. The zero-order chi connectivity index (χ0) is 19.5. The SMILES string of the molecule is CNC(=O)c1[nH]cnc1N=c1scc(-c2ccc(Cl)cc2)n1-c1ccccc1. The number of halogens is 1. The fourth-order valence-corrected chi connectivity index (χ4v) is 3.83. The van der Waals surface area contributed by atoms with Crippen molar-refractivity contribution in [3.8, 4) is 16.9 Å². The minimum atomic E-state index is -0.267. The van der Waals surface area contributed by atoms with Crippen LogP contribution in [0.1, 0.15) is 10.5 Å². The lowest BCUT2D eigenvalue weighted by Gasteiger charge is -2.09. The molecule has 0 unspecified atom stereocenters. The molecule has 0 saturated heterocycles. The van der Waals surface area contributed by atoms with Gasteiger partial charge < -0.3 is 10.3 Å². The van der Waals surface area contributed by atoms with Crippen molar-refractivity contribution in [2.24, 2.45) is 4.99 Å². The number of para-hydroxylation sites is 1. The summed E-state index contributed by atoms with van der Waals surface area (Å²) in [6.07, 6.45) is 1.46. The highest BCUT2D eigenvalue weighted by atomic mass is 35.5. The molecule has 2 aromatic heterocycles. The van der Waals surface area contributed by atoms with Gasteiger partial charge in [0.05, 0.1) is 12.0 Å². The van der Waals surface area contributed by atoms with E-state index in [1.807, 2.05) is 64.5 Å². The number of nitrogens with one attached hydrogen (secondary N) is 2. The van der Waals surface area contributed by atoms with Gasteiger partial charge in [0.25, 0.3) is 5.91 Å². The van der Waals surface area contributed by atoms with E-state index in [2.05, 4.69) is 20.3 Å². The minimum Gasteiger partial charge on any atom is -0.354 e. The van der Waals surface area contributed by atoms with Crippen molar-refractivity contribution >= 4 is 34.7 Å². The number of H-pyrrole nitrogens is 1. The van der Waals surface area contributed by atoms with Crippen LogP contribution in [0.4, 0.5) is 5.82 Å². The molecule has 0 fully saturated rings. The number of benzene rings is 2.